The second-order valence-corrected chi connectivity index (χ2v) is 9.38. The van der Waals surface area contributed by atoms with Gasteiger partial charge in [0.2, 0.25) is 5.91 Å². The Morgan fingerprint density at radius 1 is 0.871 bits per heavy atom. The van der Waals surface area contributed by atoms with Crippen LogP contribution >= 0.6 is 0 Å². The second kappa shape index (κ2) is 9.29. The van der Waals surface area contributed by atoms with Crippen molar-refractivity contribution >= 4 is 11.8 Å². The zero-order valence-corrected chi connectivity index (χ0v) is 19.1. The molecule has 31 heavy (non-hydrogen) atoms. The van der Waals surface area contributed by atoms with Crippen LogP contribution in [0.25, 0.3) is 5.69 Å². The average Bonchev–Trinajstić information content (AvgIpc) is 3.12. The summed E-state index contributed by atoms with van der Waals surface area (Å²) in [6, 6.07) is 10.5. The van der Waals surface area contributed by atoms with Gasteiger partial charge in [-0.2, -0.15) is 0 Å². The van der Waals surface area contributed by atoms with Crippen molar-refractivity contribution in [1.82, 2.24) is 14.8 Å². The first kappa shape index (κ1) is 21.7. The summed E-state index contributed by atoms with van der Waals surface area (Å²) in [7, 11) is 0. The number of nitrogens with zero attached hydrogens (tertiary/aromatic N) is 2. The highest BCUT2D eigenvalue weighted by molar-refractivity contribution is 5.98. The Kier molecular flexibility index (Phi) is 6.49. The largest absolute Gasteiger partial charge is 0.353 e. The molecule has 4 rings (SSSR count). The molecule has 5 nitrogen and oxygen atoms in total. The predicted octanol–water partition coefficient (Wildman–Crippen LogP) is 4.70. The minimum atomic E-state index is 0.0863. The summed E-state index contributed by atoms with van der Waals surface area (Å²) in [5, 5.41) is 3.26. The first-order chi connectivity index (χ1) is 14.9. The standard InChI is InChI=1S/C26H35N3O2/c1-18-9-12-24(29-19(2)10-11-20(29)3)23(17-18)26(31)28-15-13-22(14-16-28)27-25(30)21-7-5-4-6-8-21/h9-12,17,21-22H,4-8,13-16H2,1-3H3,(H,27,30). The van der Waals surface area contributed by atoms with Crippen LogP contribution in [0.2, 0.25) is 0 Å². The first-order valence-corrected chi connectivity index (χ1v) is 11.8. The molecule has 1 saturated carbocycles. The van der Waals surface area contributed by atoms with Crippen LogP contribution in [-0.4, -0.2) is 40.4 Å². The van der Waals surface area contributed by atoms with Crippen LogP contribution in [0.15, 0.2) is 30.3 Å². The summed E-state index contributed by atoms with van der Waals surface area (Å²) in [6.45, 7) is 7.54. The summed E-state index contributed by atoms with van der Waals surface area (Å²) < 4.78 is 2.16. The van der Waals surface area contributed by atoms with Crippen molar-refractivity contribution in [3.8, 4) is 5.69 Å². The van der Waals surface area contributed by atoms with Gasteiger partial charge in [-0.3, -0.25) is 9.59 Å². The maximum atomic E-state index is 13.5. The molecule has 2 heterocycles. The van der Waals surface area contributed by atoms with E-state index in [4.69, 9.17) is 0 Å². The van der Waals surface area contributed by atoms with Crippen molar-refractivity contribution in [2.75, 3.05) is 13.1 Å². The lowest BCUT2D eigenvalue weighted by Crippen LogP contribution is -2.48. The molecule has 0 spiro atoms. The van der Waals surface area contributed by atoms with E-state index in [1.807, 2.05) is 17.9 Å². The van der Waals surface area contributed by atoms with Crippen molar-refractivity contribution in [1.29, 1.82) is 0 Å². The van der Waals surface area contributed by atoms with Crippen molar-refractivity contribution in [3.05, 3.63) is 52.8 Å². The van der Waals surface area contributed by atoms with Crippen LogP contribution in [0.4, 0.5) is 0 Å². The summed E-state index contributed by atoms with van der Waals surface area (Å²) in [6.07, 6.45) is 7.30. The Morgan fingerprint density at radius 2 is 1.52 bits per heavy atom. The Morgan fingerprint density at radius 3 is 2.16 bits per heavy atom. The predicted molar refractivity (Wildman–Crippen MR) is 124 cm³/mol. The third kappa shape index (κ3) is 4.70. The van der Waals surface area contributed by atoms with E-state index in [0.29, 0.717) is 13.1 Å². The van der Waals surface area contributed by atoms with Crippen LogP contribution in [0.3, 0.4) is 0 Å². The maximum Gasteiger partial charge on any atom is 0.255 e. The van der Waals surface area contributed by atoms with Gasteiger partial charge in [0.15, 0.2) is 0 Å². The van der Waals surface area contributed by atoms with Gasteiger partial charge >= 0.3 is 0 Å². The normalized spacial score (nSPS) is 18.2. The number of carbonyl (C=O) groups is 2. The highest BCUT2D eigenvalue weighted by atomic mass is 16.2. The zero-order valence-electron chi connectivity index (χ0n) is 19.1. The molecule has 1 aliphatic carbocycles. The van der Waals surface area contributed by atoms with Gasteiger partial charge in [-0.1, -0.05) is 30.9 Å². The molecular weight excluding hydrogens is 386 g/mol. The van der Waals surface area contributed by atoms with Crippen molar-refractivity contribution in [3.63, 3.8) is 0 Å². The van der Waals surface area contributed by atoms with Gasteiger partial charge in [0, 0.05) is 36.4 Å². The lowest BCUT2D eigenvalue weighted by molar-refractivity contribution is -0.126. The molecule has 2 aromatic rings. The van der Waals surface area contributed by atoms with E-state index in [1.165, 1.54) is 19.3 Å². The maximum absolute atomic E-state index is 13.5. The molecule has 166 valence electrons. The van der Waals surface area contributed by atoms with Gasteiger partial charge in [0.1, 0.15) is 0 Å². The average molecular weight is 422 g/mol. The minimum Gasteiger partial charge on any atom is -0.353 e. The molecule has 1 aliphatic heterocycles. The monoisotopic (exact) mass is 421 g/mol. The molecule has 0 bridgehead atoms. The van der Waals surface area contributed by atoms with E-state index >= 15 is 0 Å². The van der Waals surface area contributed by atoms with Crippen LogP contribution in [0.5, 0.6) is 0 Å². The van der Waals surface area contributed by atoms with E-state index in [0.717, 1.165) is 53.9 Å². The molecule has 1 saturated heterocycles. The molecule has 2 amide bonds. The van der Waals surface area contributed by atoms with E-state index in [9.17, 15) is 9.59 Å². The number of nitrogens with one attached hydrogen (secondary N) is 1. The number of carbonyl (C=O) groups excluding carboxylic acids is 2. The number of rotatable bonds is 4. The summed E-state index contributed by atoms with van der Waals surface area (Å²) in [4.78, 5) is 28.0. The number of amides is 2. The molecule has 1 aromatic carbocycles. The Balaban J connectivity index is 1.43. The summed E-state index contributed by atoms with van der Waals surface area (Å²) in [5.41, 5.74) is 5.04. The number of hydrogen-bond donors (Lipinski definition) is 1. The quantitative estimate of drug-likeness (QED) is 0.778. The van der Waals surface area contributed by atoms with E-state index in [1.54, 1.807) is 0 Å². The Labute approximate surface area is 185 Å². The molecule has 5 heteroatoms. The van der Waals surface area contributed by atoms with Crippen LogP contribution in [-0.2, 0) is 4.79 Å². The SMILES string of the molecule is Cc1ccc(-n2c(C)ccc2C)c(C(=O)N2CCC(NC(=O)C3CCCCC3)CC2)c1. The molecule has 1 aromatic heterocycles. The summed E-state index contributed by atoms with van der Waals surface area (Å²) >= 11 is 0. The van der Waals surface area contributed by atoms with Gasteiger partial charge in [-0.25, -0.2) is 0 Å². The number of aromatic nitrogens is 1. The Bertz CT molecular complexity index is 928. The third-order valence-corrected chi connectivity index (χ3v) is 7.00. The fourth-order valence-electron chi connectivity index (χ4n) is 5.15. The molecule has 0 radical (unpaired) electrons. The number of likely N-dealkylation sites (tertiary alicyclic amines) is 1. The fraction of sp³-hybridized carbons (Fsp3) is 0.538. The highest BCUT2D eigenvalue weighted by Crippen LogP contribution is 2.26. The van der Waals surface area contributed by atoms with Crippen LogP contribution in [0, 0.1) is 26.7 Å². The van der Waals surface area contributed by atoms with E-state index in [2.05, 4.69) is 48.0 Å². The molecule has 2 fully saturated rings. The number of piperidine rings is 1. The van der Waals surface area contributed by atoms with Gasteiger partial charge in [0.05, 0.1) is 11.3 Å². The first-order valence-electron chi connectivity index (χ1n) is 11.8. The number of hydrogen-bond acceptors (Lipinski definition) is 2. The zero-order chi connectivity index (χ0) is 22.0. The molecule has 1 N–H and O–H groups in total. The second-order valence-electron chi connectivity index (χ2n) is 9.38. The van der Waals surface area contributed by atoms with Crippen molar-refractivity contribution in [2.24, 2.45) is 5.92 Å². The Hall–Kier alpha value is -2.56. The third-order valence-electron chi connectivity index (χ3n) is 7.00. The summed E-state index contributed by atoms with van der Waals surface area (Å²) in [5.74, 6) is 0.503. The fourth-order valence-corrected chi connectivity index (χ4v) is 5.15. The van der Waals surface area contributed by atoms with Crippen molar-refractivity contribution in [2.45, 2.75) is 71.8 Å². The van der Waals surface area contributed by atoms with Gasteiger partial charge < -0.3 is 14.8 Å². The molecular formula is C26H35N3O2. The van der Waals surface area contributed by atoms with Crippen molar-refractivity contribution < 1.29 is 9.59 Å². The lowest BCUT2D eigenvalue weighted by Gasteiger charge is -2.34. The molecule has 0 unspecified atom stereocenters. The lowest BCUT2D eigenvalue weighted by atomic mass is 9.88. The number of benzene rings is 1. The smallest absolute Gasteiger partial charge is 0.255 e. The van der Waals surface area contributed by atoms with Crippen LogP contribution < -0.4 is 5.32 Å². The molecule has 0 atom stereocenters. The topological polar surface area (TPSA) is 54.3 Å². The molecule has 2 aliphatic rings. The van der Waals surface area contributed by atoms with Gasteiger partial charge in [-0.05, 0) is 70.7 Å². The minimum absolute atomic E-state index is 0.0863. The van der Waals surface area contributed by atoms with Gasteiger partial charge in [-0.15, -0.1) is 0 Å². The number of aryl methyl sites for hydroxylation is 3. The highest BCUT2D eigenvalue weighted by Gasteiger charge is 2.29. The van der Waals surface area contributed by atoms with Crippen LogP contribution in [0.1, 0.15) is 72.3 Å². The van der Waals surface area contributed by atoms with E-state index in [-0.39, 0.29) is 23.8 Å². The van der Waals surface area contributed by atoms with Gasteiger partial charge in [0.25, 0.3) is 5.91 Å². The van der Waals surface area contributed by atoms with E-state index < -0.39 is 0 Å².